The molecule has 0 unspecified atom stereocenters. The summed E-state index contributed by atoms with van der Waals surface area (Å²) in [4.78, 5) is 23.7. The van der Waals surface area contributed by atoms with Crippen LogP contribution in [0, 0.1) is 0 Å². The third kappa shape index (κ3) is 7.32. The fraction of sp³-hybridized carbons (Fsp3) is 0.250. The lowest BCUT2D eigenvalue weighted by Crippen LogP contribution is -2.24. The summed E-state index contributed by atoms with van der Waals surface area (Å²) in [7, 11) is 0. The molecule has 6 nitrogen and oxygen atoms in total. The van der Waals surface area contributed by atoms with Gasteiger partial charge in [0.2, 0.25) is 11.8 Å². The van der Waals surface area contributed by atoms with Crippen LogP contribution in [0.3, 0.4) is 0 Å². The van der Waals surface area contributed by atoms with E-state index in [0.29, 0.717) is 17.3 Å². The molecule has 0 bridgehead atoms. The number of hydrazone groups is 1. The number of benzene rings is 2. The summed E-state index contributed by atoms with van der Waals surface area (Å²) in [5, 5.41) is 6.86. The molecule has 0 fully saturated rings. The van der Waals surface area contributed by atoms with Crippen LogP contribution in [0.2, 0.25) is 5.02 Å². The van der Waals surface area contributed by atoms with Gasteiger partial charge in [-0.1, -0.05) is 37.1 Å². The highest BCUT2D eigenvalue weighted by atomic mass is 79.9. The largest absolute Gasteiger partial charge is 0.492 e. The summed E-state index contributed by atoms with van der Waals surface area (Å²) in [6.07, 6.45) is 3.19. The van der Waals surface area contributed by atoms with Gasteiger partial charge in [-0.25, -0.2) is 5.43 Å². The zero-order valence-electron chi connectivity index (χ0n) is 15.4. The van der Waals surface area contributed by atoms with Gasteiger partial charge in [0, 0.05) is 0 Å². The van der Waals surface area contributed by atoms with Crippen LogP contribution in [0.5, 0.6) is 5.75 Å². The number of ether oxygens (including phenoxy) is 1. The first-order valence-electron chi connectivity index (χ1n) is 8.78. The zero-order valence-corrected chi connectivity index (χ0v) is 17.7. The molecule has 0 spiro atoms. The molecule has 0 aliphatic heterocycles. The summed E-state index contributed by atoms with van der Waals surface area (Å²) in [5.41, 5.74) is 3.56. The van der Waals surface area contributed by atoms with Gasteiger partial charge in [0.05, 0.1) is 28.0 Å². The lowest BCUT2D eigenvalue weighted by Gasteiger charge is -2.08. The predicted molar refractivity (Wildman–Crippen MR) is 115 cm³/mol. The van der Waals surface area contributed by atoms with Crippen molar-refractivity contribution < 1.29 is 14.3 Å². The first kappa shape index (κ1) is 21.9. The van der Waals surface area contributed by atoms with E-state index in [1.54, 1.807) is 24.3 Å². The molecule has 0 heterocycles. The molecule has 0 atom stereocenters. The van der Waals surface area contributed by atoms with Gasteiger partial charge < -0.3 is 10.1 Å². The van der Waals surface area contributed by atoms with Gasteiger partial charge in [0.15, 0.2) is 0 Å². The first-order valence-corrected chi connectivity index (χ1v) is 9.95. The van der Waals surface area contributed by atoms with Crippen molar-refractivity contribution in [2.45, 2.75) is 26.2 Å². The SMILES string of the molecule is CCCCOc1ccc(C=NNC(=O)CC(=O)Nc2ccccc2Cl)cc1Br. The van der Waals surface area contributed by atoms with Crippen molar-refractivity contribution in [2.24, 2.45) is 5.10 Å². The number of nitrogens with one attached hydrogen (secondary N) is 2. The Labute approximate surface area is 177 Å². The van der Waals surface area contributed by atoms with Crippen molar-refractivity contribution in [3.63, 3.8) is 0 Å². The molecule has 2 aromatic carbocycles. The molecule has 2 N–H and O–H groups in total. The molecule has 0 saturated carbocycles. The number of anilines is 1. The Balaban J connectivity index is 1.81. The summed E-state index contributed by atoms with van der Waals surface area (Å²) in [6, 6.07) is 12.3. The van der Waals surface area contributed by atoms with Crippen molar-refractivity contribution in [1.82, 2.24) is 5.43 Å². The molecule has 2 rings (SSSR count). The third-order valence-electron chi connectivity index (χ3n) is 3.58. The minimum Gasteiger partial charge on any atom is -0.492 e. The van der Waals surface area contributed by atoms with E-state index in [9.17, 15) is 9.59 Å². The highest BCUT2D eigenvalue weighted by molar-refractivity contribution is 9.10. The van der Waals surface area contributed by atoms with Gasteiger partial charge in [-0.05, 0) is 58.2 Å². The second kappa shape index (κ2) is 11.5. The van der Waals surface area contributed by atoms with E-state index in [0.717, 1.165) is 28.6 Å². The van der Waals surface area contributed by atoms with Crippen LogP contribution in [0.15, 0.2) is 52.0 Å². The number of halogens is 2. The van der Waals surface area contributed by atoms with Gasteiger partial charge in [-0.2, -0.15) is 5.10 Å². The quantitative estimate of drug-likeness (QED) is 0.242. The van der Waals surface area contributed by atoms with Crippen molar-refractivity contribution in [3.8, 4) is 5.75 Å². The fourth-order valence-electron chi connectivity index (χ4n) is 2.16. The standard InChI is InChI=1S/C20H21BrClN3O3/c1-2-3-10-28-18-9-8-14(11-15(18)21)13-23-25-20(27)12-19(26)24-17-7-5-4-6-16(17)22/h4-9,11,13H,2-3,10,12H2,1H3,(H,24,26)(H,25,27). The van der Waals surface area contributed by atoms with E-state index < -0.39 is 11.8 Å². The molecule has 0 aromatic heterocycles. The van der Waals surface area contributed by atoms with Crippen molar-refractivity contribution in [3.05, 3.63) is 57.5 Å². The third-order valence-corrected chi connectivity index (χ3v) is 4.53. The molecule has 0 aliphatic rings. The number of hydrogen-bond acceptors (Lipinski definition) is 4. The van der Waals surface area contributed by atoms with Crippen LogP contribution in [0.1, 0.15) is 31.7 Å². The van der Waals surface area contributed by atoms with Crippen LogP contribution in [0.25, 0.3) is 0 Å². The Bertz CT molecular complexity index is 858. The van der Waals surface area contributed by atoms with Crippen molar-refractivity contribution >= 4 is 51.2 Å². The predicted octanol–water partition coefficient (Wildman–Crippen LogP) is 4.76. The van der Waals surface area contributed by atoms with Crippen LogP contribution < -0.4 is 15.5 Å². The van der Waals surface area contributed by atoms with Crippen molar-refractivity contribution in [1.29, 1.82) is 0 Å². The minimum absolute atomic E-state index is 0.365. The number of rotatable bonds is 9. The van der Waals surface area contributed by atoms with Gasteiger partial charge in [-0.15, -0.1) is 0 Å². The number of amides is 2. The highest BCUT2D eigenvalue weighted by Crippen LogP contribution is 2.25. The number of carbonyl (C=O) groups is 2. The molecule has 8 heteroatoms. The second-order valence-corrected chi connectivity index (χ2v) is 7.15. The molecule has 0 radical (unpaired) electrons. The summed E-state index contributed by atoms with van der Waals surface area (Å²) < 4.78 is 6.46. The monoisotopic (exact) mass is 465 g/mol. The number of hydrogen-bond donors (Lipinski definition) is 2. The Morgan fingerprint density at radius 3 is 2.71 bits per heavy atom. The van der Waals surface area contributed by atoms with Crippen LogP contribution in [0.4, 0.5) is 5.69 Å². The average Bonchev–Trinajstić information content (AvgIpc) is 2.65. The van der Waals surface area contributed by atoms with Crippen LogP contribution in [-0.4, -0.2) is 24.6 Å². The lowest BCUT2D eigenvalue weighted by atomic mass is 10.2. The Kier molecular flexibility index (Phi) is 8.97. The summed E-state index contributed by atoms with van der Waals surface area (Å²) >= 11 is 9.42. The topological polar surface area (TPSA) is 79.8 Å². The Hall–Kier alpha value is -2.38. The maximum atomic E-state index is 11.9. The van der Waals surface area contributed by atoms with E-state index in [-0.39, 0.29) is 6.42 Å². The van der Waals surface area contributed by atoms with Crippen molar-refractivity contribution in [2.75, 3.05) is 11.9 Å². The molecular weight excluding hydrogens is 446 g/mol. The van der Waals surface area contributed by atoms with E-state index in [1.165, 1.54) is 6.21 Å². The fourth-order valence-corrected chi connectivity index (χ4v) is 2.86. The summed E-state index contributed by atoms with van der Waals surface area (Å²) in [5.74, 6) is -0.248. The summed E-state index contributed by atoms with van der Waals surface area (Å²) in [6.45, 7) is 2.77. The number of unbranched alkanes of at least 4 members (excludes halogenated alkanes) is 1. The lowest BCUT2D eigenvalue weighted by molar-refractivity contribution is -0.126. The van der Waals surface area contributed by atoms with E-state index in [1.807, 2.05) is 18.2 Å². The van der Waals surface area contributed by atoms with Gasteiger partial charge in [0.1, 0.15) is 12.2 Å². The Morgan fingerprint density at radius 1 is 1.21 bits per heavy atom. The van der Waals surface area contributed by atoms with Crippen LogP contribution >= 0.6 is 27.5 Å². The molecule has 0 aliphatic carbocycles. The van der Waals surface area contributed by atoms with Gasteiger partial charge in [-0.3, -0.25) is 9.59 Å². The number of nitrogens with zero attached hydrogens (tertiary/aromatic N) is 1. The maximum Gasteiger partial charge on any atom is 0.249 e. The average molecular weight is 467 g/mol. The number of carbonyl (C=O) groups excluding carboxylic acids is 2. The smallest absolute Gasteiger partial charge is 0.249 e. The number of para-hydroxylation sites is 1. The molecule has 0 saturated heterocycles. The normalized spacial score (nSPS) is 10.7. The van der Waals surface area contributed by atoms with E-state index >= 15 is 0 Å². The second-order valence-electron chi connectivity index (χ2n) is 5.89. The molecular formula is C20H21BrClN3O3. The van der Waals surface area contributed by atoms with Gasteiger partial charge in [0.25, 0.3) is 0 Å². The minimum atomic E-state index is -0.528. The molecule has 2 aromatic rings. The Morgan fingerprint density at radius 2 is 2.00 bits per heavy atom. The van der Waals surface area contributed by atoms with E-state index in [2.05, 4.69) is 38.7 Å². The highest BCUT2D eigenvalue weighted by Gasteiger charge is 2.10. The maximum absolute atomic E-state index is 11.9. The zero-order chi connectivity index (χ0) is 20.4. The molecule has 2 amide bonds. The molecule has 148 valence electrons. The molecule has 28 heavy (non-hydrogen) atoms. The first-order chi connectivity index (χ1) is 13.5. The van der Waals surface area contributed by atoms with Crippen LogP contribution in [-0.2, 0) is 9.59 Å². The van der Waals surface area contributed by atoms with Gasteiger partial charge >= 0.3 is 0 Å². The van der Waals surface area contributed by atoms with E-state index in [4.69, 9.17) is 16.3 Å².